The summed E-state index contributed by atoms with van der Waals surface area (Å²) in [6, 6.07) is 0. The Hall–Kier alpha value is 0.640. The van der Waals surface area contributed by atoms with Crippen molar-refractivity contribution in [2.24, 2.45) is 5.92 Å². The van der Waals surface area contributed by atoms with Gasteiger partial charge in [0.25, 0.3) is 0 Å². The summed E-state index contributed by atoms with van der Waals surface area (Å²) < 4.78 is 0. The van der Waals surface area contributed by atoms with Crippen LogP contribution in [0.25, 0.3) is 0 Å². The number of rotatable bonds is 0. The van der Waals surface area contributed by atoms with Gasteiger partial charge in [-0.3, -0.25) is 12.2 Å². The summed E-state index contributed by atoms with van der Waals surface area (Å²) in [4.78, 5) is 0. The zero-order valence-electron chi connectivity index (χ0n) is 13.3. The van der Waals surface area contributed by atoms with E-state index < -0.39 is 0 Å². The van der Waals surface area contributed by atoms with Gasteiger partial charge in [0.1, 0.15) is 0 Å². The molecule has 0 nitrogen and oxygen atoms in total. The molecule has 0 radical (unpaired) electrons. The van der Waals surface area contributed by atoms with E-state index in [1.807, 2.05) is 12.2 Å². The van der Waals surface area contributed by atoms with Crippen LogP contribution in [0.1, 0.15) is 34.1 Å². The molecule has 0 aromatic rings. The Morgan fingerprint density at radius 3 is 1.80 bits per heavy atom. The summed E-state index contributed by atoms with van der Waals surface area (Å²) in [6.45, 7) is 13.3. The monoisotopic (exact) mass is 404 g/mol. The summed E-state index contributed by atoms with van der Waals surface area (Å²) >= 11 is 1.74. The van der Waals surface area contributed by atoms with E-state index in [0.29, 0.717) is 5.92 Å². The standard InChI is InChI=1S/C9H13.C5H5.C2H6Si.2ClH.Zr/c1-6-5-7(2)9(4)8(6)3;1-2-4-5-3-1;1-3-2;;;/h6H,1-4H3;1-3H,4H2;1-2H3;2*1H;/q2*-1;;;;+2/p-2. The smallest absolute Gasteiger partial charge is 0.109 e. The summed E-state index contributed by atoms with van der Waals surface area (Å²) in [7, 11) is 0. The minimum absolute atomic E-state index is 0. The second-order valence-corrected chi connectivity index (χ2v) is 14.2. The van der Waals surface area contributed by atoms with E-state index in [9.17, 15) is 0 Å². The van der Waals surface area contributed by atoms with Gasteiger partial charge in [0.05, 0.1) is 0 Å². The Morgan fingerprint density at radius 2 is 1.70 bits per heavy atom. The van der Waals surface area contributed by atoms with Crippen molar-refractivity contribution in [1.29, 1.82) is 0 Å². The van der Waals surface area contributed by atoms with E-state index in [4.69, 9.17) is 0 Å². The van der Waals surface area contributed by atoms with Crippen molar-refractivity contribution < 1.29 is 48.1 Å². The van der Waals surface area contributed by atoms with E-state index in [0.717, 1.165) is 6.42 Å². The van der Waals surface area contributed by atoms with Crippen LogP contribution in [-0.4, -0.2) is 5.43 Å². The molecule has 2 aliphatic rings. The maximum absolute atomic E-state index is 3.36. The molecule has 112 valence electrons. The molecule has 2 aliphatic carbocycles. The van der Waals surface area contributed by atoms with Gasteiger partial charge in [-0.1, -0.05) is 26.7 Å². The van der Waals surface area contributed by atoms with Crippen LogP contribution in [0.15, 0.2) is 34.9 Å². The van der Waals surface area contributed by atoms with Gasteiger partial charge in [-0.2, -0.15) is 17.2 Å². The van der Waals surface area contributed by atoms with Gasteiger partial charge in [0.15, 0.2) is 0 Å². The van der Waals surface area contributed by atoms with Crippen molar-refractivity contribution in [3.63, 3.8) is 0 Å². The van der Waals surface area contributed by atoms with Crippen LogP contribution in [-0.2, 0) is 23.3 Å². The summed E-state index contributed by atoms with van der Waals surface area (Å²) in [5, 5.41) is 0. The first kappa shape index (κ1) is 25.6. The molecule has 0 aliphatic heterocycles. The third-order valence-corrected chi connectivity index (χ3v) is 2.82. The average Bonchev–Trinajstić information content (AvgIpc) is 2.89. The number of hydrogen-bond acceptors (Lipinski definition) is 0. The Balaban J connectivity index is -0.000000228. The van der Waals surface area contributed by atoms with Crippen LogP contribution >= 0.6 is 0 Å². The average molecular weight is 407 g/mol. The van der Waals surface area contributed by atoms with Crippen molar-refractivity contribution in [3.05, 3.63) is 47.1 Å². The minimum Gasteiger partial charge on any atom is -1.00 e. The molecule has 0 saturated carbocycles. The van der Waals surface area contributed by atoms with Gasteiger partial charge in [0, 0.05) is 0 Å². The molecule has 4 heteroatoms. The predicted molar refractivity (Wildman–Crippen MR) is 79.0 cm³/mol. The second-order valence-electron chi connectivity index (χ2n) is 4.80. The van der Waals surface area contributed by atoms with Crippen molar-refractivity contribution in [1.82, 2.24) is 0 Å². The van der Waals surface area contributed by atoms with Crippen molar-refractivity contribution in [2.75, 3.05) is 0 Å². The number of hydrogen-bond donors (Lipinski definition) is 0. The van der Waals surface area contributed by atoms with Crippen LogP contribution in [0.3, 0.4) is 0 Å². The first-order chi connectivity index (χ1) is 8.36. The van der Waals surface area contributed by atoms with Gasteiger partial charge in [-0.25, -0.2) is 17.7 Å². The fraction of sp³-hybridized carbons (Fsp3) is 0.500. The topological polar surface area (TPSA) is 0 Å². The third kappa shape index (κ3) is 12.4. The Labute approximate surface area is 153 Å². The molecule has 1 unspecified atom stereocenters. The Morgan fingerprint density at radius 1 is 1.20 bits per heavy atom. The molecular weight excluding hydrogens is 382 g/mol. The van der Waals surface area contributed by atoms with Crippen LogP contribution in [0.2, 0.25) is 13.1 Å². The normalized spacial score (nSPS) is 18.0. The molecule has 0 bridgehead atoms. The molecule has 20 heavy (non-hydrogen) atoms. The summed E-state index contributed by atoms with van der Waals surface area (Å²) in [6.07, 6.45) is 13.4. The zero-order chi connectivity index (χ0) is 14.1. The summed E-state index contributed by atoms with van der Waals surface area (Å²) in [5.74, 6) is 0.560. The fourth-order valence-electron chi connectivity index (χ4n) is 1.50. The molecular formula is C16H24Cl2SiZr-2. The molecule has 0 amide bonds. The Kier molecular flexibility index (Phi) is 18.6. The molecule has 0 heterocycles. The van der Waals surface area contributed by atoms with Crippen LogP contribution in [0.4, 0.5) is 0 Å². The first-order valence-corrected chi connectivity index (χ1v) is 12.6. The Bertz CT molecular complexity index is 393. The van der Waals surface area contributed by atoms with E-state index >= 15 is 0 Å². The molecule has 1 atom stereocenters. The van der Waals surface area contributed by atoms with Gasteiger partial charge in [0.2, 0.25) is 0 Å². The predicted octanol–water partition coefficient (Wildman–Crippen LogP) is -1.18. The van der Waals surface area contributed by atoms with Gasteiger partial charge in [-0.15, -0.1) is 13.3 Å². The number of allylic oxidation sites excluding steroid dienone is 8. The fourth-order valence-corrected chi connectivity index (χ4v) is 1.50. The second kappa shape index (κ2) is 14.6. The van der Waals surface area contributed by atoms with E-state index in [-0.39, 0.29) is 30.2 Å². The third-order valence-electron chi connectivity index (χ3n) is 2.82. The molecule has 0 aromatic heterocycles. The molecule has 0 saturated heterocycles. The van der Waals surface area contributed by atoms with Crippen LogP contribution in [0, 0.1) is 18.1 Å². The van der Waals surface area contributed by atoms with E-state index in [2.05, 4.69) is 59.0 Å². The van der Waals surface area contributed by atoms with Crippen LogP contribution in [0.5, 0.6) is 0 Å². The van der Waals surface area contributed by atoms with E-state index in [1.54, 1.807) is 23.3 Å². The van der Waals surface area contributed by atoms with Crippen molar-refractivity contribution >= 4 is 5.43 Å². The van der Waals surface area contributed by atoms with Crippen molar-refractivity contribution in [3.8, 4) is 0 Å². The van der Waals surface area contributed by atoms with Gasteiger partial charge >= 0.3 is 41.9 Å². The van der Waals surface area contributed by atoms with Gasteiger partial charge in [-0.05, 0) is 0 Å². The maximum Gasteiger partial charge on any atom is -0.109 e. The molecule has 0 spiro atoms. The first-order valence-electron chi connectivity index (χ1n) is 6.37. The van der Waals surface area contributed by atoms with Gasteiger partial charge < -0.3 is 24.8 Å². The zero-order valence-corrected chi connectivity index (χ0v) is 18.2. The molecule has 2 rings (SSSR count). The minimum atomic E-state index is 0. The quantitative estimate of drug-likeness (QED) is 0.351. The molecule has 0 aromatic carbocycles. The molecule has 0 fully saturated rings. The summed E-state index contributed by atoms with van der Waals surface area (Å²) in [5.41, 5.74) is 4.46. The van der Waals surface area contributed by atoms with Crippen molar-refractivity contribution in [2.45, 2.75) is 47.2 Å². The SMILES string of the molecule is CC1=[C-]C(C)C(C)=C1C.C[Si](C)=[Zr+2].[C-]1=CC=CC1.[Cl-].[Cl-]. The maximum atomic E-state index is 3.36. The number of halogens is 2. The van der Waals surface area contributed by atoms with Crippen LogP contribution < -0.4 is 24.8 Å². The largest absolute Gasteiger partial charge is 1.00 e. The molecule has 0 N–H and O–H groups in total. The van der Waals surface area contributed by atoms with E-state index in [1.165, 1.54) is 16.7 Å².